The Morgan fingerprint density at radius 3 is 2.25 bits per heavy atom. The number of anilines is 1. The Balaban J connectivity index is 1.88. The van der Waals surface area contributed by atoms with Crippen LogP contribution >= 0.6 is 0 Å². The summed E-state index contributed by atoms with van der Waals surface area (Å²) in [6, 6.07) is 18.8. The molecule has 0 fully saturated rings. The third-order valence-electron chi connectivity index (χ3n) is 5.01. The molecule has 32 heavy (non-hydrogen) atoms. The Morgan fingerprint density at radius 2 is 1.62 bits per heavy atom. The molecule has 0 aliphatic heterocycles. The molecule has 0 saturated carbocycles. The molecule has 1 N–H and O–H groups in total. The first-order chi connectivity index (χ1) is 15.2. The highest BCUT2D eigenvalue weighted by atomic mass is 32.2. The van der Waals surface area contributed by atoms with E-state index in [1.807, 2.05) is 19.9 Å². The van der Waals surface area contributed by atoms with E-state index in [1.165, 1.54) is 24.3 Å². The van der Waals surface area contributed by atoms with Crippen LogP contribution in [0.5, 0.6) is 0 Å². The number of halogens is 1. The van der Waals surface area contributed by atoms with E-state index >= 15 is 0 Å². The fourth-order valence-electron chi connectivity index (χ4n) is 2.98. The summed E-state index contributed by atoms with van der Waals surface area (Å²) in [7, 11) is -3.99. The third-order valence-corrected chi connectivity index (χ3v) is 6.80. The van der Waals surface area contributed by atoms with Crippen molar-refractivity contribution in [3.63, 3.8) is 0 Å². The second-order valence-electron chi connectivity index (χ2n) is 7.33. The topological polar surface area (TPSA) is 78.8 Å². The van der Waals surface area contributed by atoms with Gasteiger partial charge in [-0.3, -0.25) is 9.10 Å². The minimum absolute atomic E-state index is 0.0806. The predicted octanol–water partition coefficient (Wildman–Crippen LogP) is 4.18. The summed E-state index contributed by atoms with van der Waals surface area (Å²) in [5.41, 5.74) is 5.78. The highest BCUT2D eigenvalue weighted by molar-refractivity contribution is 7.92. The van der Waals surface area contributed by atoms with Gasteiger partial charge in [0, 0.05) is 0 Å². The van der Waals surface area contributed by atoms with Crippen LogP contribution in [-0.2, 0) is 14.8 Å². The van der Waals surface area contributed by atoms with E-state index in [4.69, 9.17) is 0 Å². The maximum Gasteiger partial charge on any atom is 0.264 e. The smallest absolute Gasteiger partial charge is 0.264 e. The summed E-state index contributed by atoms with van der Waals surface area (Å²) in [6.07, 6.45) is 0. The minimum Gasteiger partial charge on any atom is -0.271 e. The number of rotatable bonds is 7. The van der Waals surface area contributed by atoms with Crippen LogP contribution in [0, 0.1) is 19.7 Å². The fraction of sp³-hybridized carbons (Fsp3) is 0.167. The summed E-state index contributed by atoms with van der Waals surface area (Å²) in [6.45, 7) is 5.01. The van der Waals surface area contributed by atoms with Gasteiger partial charge >= 0.3 is 0 Å². The summed E-state index contributed by atoms with van der Waals surface area (Å²) in [4.78, 5) is 12.7. The number of hydrogen-bond donors (Lipinski definition) is 1. The molecule has 0 aromatic heterocycles. The van der Waals surface area contributed by atoms with Crippen molar-refractivity contribution < 1.29 is 17.6 Å². The number of hydrazone groups is 1. The van der Waals surface area contributed by atoms with Crippen LogP contribution in [0.25, 0.3) is 0 Å². The van der Waals surface area contributed by atoms with Gasteiger partial charge in [-0.1, -0.05) is 36.4 Å². The molecule has 0 bridgehead atoms. The number of hydrogen-bond acceptors (Lipinski definition) is 4. The zero-order valence-electron chi connectivity index (χ0n) is 18.0. The lowest BCUT2D eigenvalue weighted by atomic mass is 10.1. The number of nitrogens with one attached hydrogen (secondary N) is 1. The first kappa shape index (κ1) is 23.1. The van der Waals surface area contributed by atoms with Crippen LogP contribution in [0.15, 0.2) is 82.8 Å². The van der Waals surface area contributed by atoms with Crippen LogP contribution in [0.2, 0.25) is 0 Å². The van der Waals surface area contributed by atoms with Crippen molar-refractivity contribution in [2.24, 2.45) is 5.10 Å². The minimum atomic E-state index is -3.99. The zero-order valence-corrected chi connectivity index (χ0v) is 18.9. The van der Waals surface area contributed by atoms with Gasteiger partial charge in [-0.25, -0.2) is 18.2 Å². The lowest BCUT2D eigenvalue weighted by molar-refractivity contribution is -0.119. The van der Waals surface area contributed by atoms with Gasteiger partial charge in [-0.2, -0.15) is 5.10 Å². The van der Waals surface area contributed by atoms with E-state index in [0.717, 1.165) is 15.4 Å². The van der Waals surface area contributed by atoms with E-state index in [0.29, 0.717) is 17.0 Å². The first-order valence-corrected chi connectivity index (χ1v) is 11.4. The number of benzene rings is 3. The highest BCUT2D eigenvalue weighted by Gasteiger charge is 2.27. The zero-order chi connectivity index (χ0) is 23.3. The molecule has 0 radical (unpaired) electrons. The summed E-state index contributed by atoms with van der Waals surface area (Å²) >= 11 is 0. The maximum absolute atomic E-state index is 13.3. The number of sulfonamides is 1. The predicted molar refractivity (Wildman–Crippen MR) is 124 cm³/mol. The van der Waals surface area contributed by atoms with Crippen LogP contribution in [0.4, 0.5) is 10.1 Å². The number of aryl methyl sites for hydroxylation is 2. The molecule has 0 heterocycles. The van der Waals surface area contributed by atoms with E-state index in [2.05, 4.69) is 10.5 Å². The number of nitrogens with zero attached hydrogens (tertiary/aromatic N) is 2. The van der Waals surface area contributed by atoms with Crippen LogP contribution in [0.1, 0.15) is 23.6 Å². The third kappa shape index (κ3) is 5.39. The summed E-state index contributed by atoms with van der Waals surface area (Å²) < 4.78 is 40.8. The van der Waals surface area contributed by atoms with E-state index in [9.17, 15) is 17.6 Å². The van der Waals surface area contributed by atoms with Crippen molar-refractivity contribution in [3.05, 3.63) is 95.3 Å². The van der Waals surface area contributed by atoms with Gasteiger partial charge in [0.1, 0.15) is 12.4 Å². The van der Waals surface area contributed by atoms with Gasteiger partial charge in [0.2, 0.25) is 0 Å². The molecular weight excluding hydrogens is 429 g/mol. The Labute approximate surface area is 187 Å². The number of carbonyl (C=O) groups excluding carboxylic acids is 1. The van der Waals surface area contributed by atoms with Crippen LogP contribution in [0.3, 0.4) is 0 Å². The van der Waals surface area contributed by atoms with Gasteiger partial charge < -0.3 is 0 Å². The molecule has 166 valence electrons. The van der Waals surface area contributed by atoms with Crippen molar-refractivity contribution in [2.45, 2.75) is 25.7 Å². The van der Waals surface area contributed by atoms with Gasteiger partial charge in [-0.05, 0) is 73.9 Å². The number of amides is 1. The molecule has 0 spiro atoms. The van der Waals surface area contributed by atoms with Crippen molar-refractivity contribution in [2.75, 3.05) is 10.8 Å². The molecule has 3 aromatic carbocycles. The monoisotopic (exact) mass is 453 g/mol. The average Bonchev–Trinajstić information content (AvgIpc) is 2.78. The molecule has 0 aliphatic rings. The normalized spacial score (nSPS) is 11.8. The van der Waals surface area contributed by atoms with Gasteiger partial charge in [0.05, 0.1) is 16.3 Å². The van der Waals surface area contributed by atoms with Crippen molar-refractivity contribution >= 4 is 27.3 Å². The van der Waals surface area contributed by atoms with Crippen molar-refractivity contribution in [1.82, 2.24) is 5.43 Å². The second kappa shape index (κ2) is 9.74. The van der Waals surface area contributed by atoms with E-state index in [1.54, 1.807) is 49.4 Å². The van der Waals surface area contributed by atoms with Gasteiger partial charge in [0.25, 0.3) is 15.9 Å². The SMILES string of the molecule is CC(=NNC(=O)CN(c1ccc(C)c(C)c1)S(=O)(=O)c1ccccc1)c1ccc(F)cc1. The lowest BCUT2D eigenvalue weighted by Crippen LogP contribution is -2.39. The Hall–Kier alpha value is -3.52. The average molecular weight is 454 g/mol. The largest absolute Gasteiger partial charge is 0.271 e. The van der Waals surface area contributed by atoms with Crippen molar-refractivity contribution in [1.29, 1.82) is 0 Å². The molecule has 3 rings (SSSR count). The maximum atomic E-state index is 13.3. The number of carbonyl (C=O) groups is 1. The van der Waals surface area contributed by atoms with Crippen LogP contribution in [-0.4, -0.2) is 26.6 Å². The van der Waals surface area contributed by atoms with Crippen molar-refractivity contribution in [3.8, 4) is 0 Å². The molecule has 0 atom stereocenters. The highest BCUT2D eigenvalue weighted by Crippen LogP contribution is 2.25. The van der Waals surface area contributed by atoms with Gasteiger partial charge in [-0.15, -0.1) is 0 Å². The summed E-state index contributed by atoms with van der Waals surface area (Å²) in [5.74, 6) is -0.982. The second-order valence-corrected chi connectivity index (χ2v) is 9.19. The van der Waals surface area contributed by atoms with E-state index in [-0.39, 0.29) is 10.7 Å². The first-order valence-electron chi connectivity index (χ1n) is 9.92. The van der Waals surface area contributed by atoms with E-state index < -0.39 is 22.5 Å². The quantitative estimate of drug-likeness (QED) is 0.431. The van der Waals surface area contributed by atoms with Crippen LogP contribution < -0.4 is 9.73 Å². The van der Waals surface area contributed by atoms with Gasteiger partial charge in [0.15, 0.2) is 0 Å². The Morgan fingerprint density at radius 1 is 0.969 bits per heavy atom. The molecule has 1 amide bonds. The summed E-state index contributed by atoms with van der Waals surface area (Å²) in [5, 5.41) is 4.03. The standard InChI is InChI=1S/C24H24FN3O3S/c1-17-9-14-22(15-18(17)2)28(32(30,31)23-7-5-4-6-8-23)16-24(29)27-26-19(3)20-10-12-21(25)13-11-20/h4-15H,16H2,1-3H3,(H,27,29). The molecule has 0 unspecified atom stereocenters. The fourth-order valence-corrected chi connectivity index (χ4v) is 4.42. The molecule has 6 nitrogen and oxygen atoms in total. The Kier molecular flexibility index (Phi) is 7.05. The molecule has 0 aliphatic carbocycles. The molecule has 8 heteroatoms. The Bertz CT molecular complexity index is 1240. The molecular formula is C24H24FN3O3S. The molecule has 3 aromatic rings. The molecule has 0 saturated heterocycles. The lowest BCUT2D eigenvalue weighted by Gasteiger charge is -2.24.